The van der Waals surface area contributed by atoms with Gasteiger partial charge in [0.15, 0.2) is 0 Å². The number of benzene rings is 1. The average molecular weight is 224 g/mol. The molecule has 0 fully saturated rings. The molecule has 1 rings (SSSR count). The molecule has 0 saturated carbocycles. The standard InChI is InChI=1S/C11H16N2O3/c1-7(11(14)15)6-13-10-4-3-8(16-2)5-9(10)12/h3-5,7,13H,6,12H2,1-2H3,(H,14,15). The number of ether oxygens (including phenoxy) is 1. The van der Waals surface area contributed by atoms with E-state index in [2.05, 4.69) is 5.32 Å². The van der Waals surface area contributed by atoms with Crippen molar-refractivity contribution in [1.82, 2.24) is 0 Å². The van der Waals surface area contributed by atoms with E-state index >= 15 is 0 Å². The van der Waals surface area contributed by atoms with Gasteiger partial charge in [0.25, 0.3) is 0 Å². The van der Waals surface area contributed by atoms with E-state index in [0.717, 1.165) is 0 Å². The molecule has 1 unspecified atom stereocenters. The molecule has 88 valence electrons. The molecular weight excluding hydrogens is 208 g/mol. The predicted molar refractivity (Wildman–Crippen MR) is 62.7 cm³/mol. The molecule has 1 aromatic carbocycles. The van der Waals surface area contributed by atoms with Crippen molar-refractivity contribution in [1.29, 1.82) is 0 Å². The van der Waals surface area contributed by atoms with Crippen molar-refractivity contribution in [3.63, 3.8) is 0 Å². The Bertz CT molecular complexity index is 379. The van der Waals surface area contributed by atoms with Gasteiger partial charge in [0.2, 0.25) is 0 Å². The fourth-order valence-electron chi connectivity index (χ4n) is 1.18. The molecule has 1 atom stereocenters. The van der Waals surface area contributed by atoms with E-state index in [1.165, 1.54) is 0 Å². The van der Waals surface area contributed by atoms with Crippen LogP contribution in [0.5, 0.6) is 5.75 Å². The first-order chi connectivity index (χ1) is 7.54. The summed E-state index contributed by atoms with van der Waals surface area (Å²) in [5.41, 5.74) is 7.02. The van der Waals surface area contributed by atoms with E-state index in [1.807, 2.05) is 0 Å². The lowest BCUT2D eigenvalue weighted by Gasteiger charge is -2.12. The third kappa shape index (κ3) is 3.05. The molecule has 1 aromatic rings. The summed E-state index contributed by atoms with van der Waals surface area (Å²) in [5, 5.41) is 11.7. The number of hydrogen-bond acceptors (Lipinski definition) is 4. The second-order valence-electron chi connectivity index (χ2n) is 3.57. The van der Waals surface area contributed by atoms with Gasteiger partial charge in [0, 0.05) is 12.6 Å². The van der Waals surface area contributed by atoms with Gasteiger partial charge in [-0.3, -0.25) is 4.79 Å². The van der Waals surface area contributed by atoms with Crippen LogP contribution in [0.15, 0.2) is 18.2 Å². The van der Waals surface area contributed by atoms with Crippen LogP contribution in [0.4, 0.5) is 11.4 Å². The molecule has 5 nitrogen and oxygen atoms in total. The topological polar surface area (TPSA) is 84.6 Å². The van der Waals surface area contributed by atoms with Crippen LogP contribution in [0.25, 0.3) is 0 Å². The Kier molecular flexibility index (Phi) is 3.99. The molecule has 0 spiro atoms. The molecule has 0 amide bonds. The van der Waals surface area contributed by atoms with Gasteiger partial charge < -0.3 is 20.9 Å². The summed E-state index contributed by atoms with van der Waals surface area (Å²) in [6, 6.07) is 5.22. The monoisotopic (exact) mass is 224 g/mol. The number of anilines is 2. The van der Waals surface area contributed by atoms with Crippen LogP contribution >= 0.6 is 0 Å². The lowest BCUT2D eigenvalue weighted by Crippen LogP contribution is -2.20. The third-order valence-electron chi connectivity index (χ3n) is 2.28. The molecule has 0 bridgehead atoms. The number of nitrogen functional groups attached to an aromatic ring is 1. The number of aliphatic carboxylic acids is 1. The summed E-state index contributed by atoms with van der Waals surface area (Å²) in [7, 11) is 1.56. The molecule has 0 saturated heterocycles. The third-order valence-corrected chi connectivity index (χ3v) is 2.28. The first-order valence-electron chi connectivity index (χ1n) is 4.94. The lowest BCUT2D eigenvalue weighted by atomic mass is 10.2. The van der Waals surface area contributed by atoms with Gasteiger partial charge in [0.1, 0.15) is 5.75 Å². The van der Waals surface area contributed by atoms with Crippen LogP contribution in [-0.2, 0) is 4.79 Å². The molecule has 4 N–H and O–H groups in total. The van der Waals surface area contributed by atoms with E-state index in [9.17, 15) is 4.79 Å². The molecule has 0 heterocycles. The zero-order valence-electron chi connectivity index (χ0n) is 9.36. The van der Waals surface area contributed by atoms with E-state index in [1.54, 1.807) is 32.2 Å². The molecule has 0 aromatic heterocycles. The molecule has 16 heavy (non-hydrogen) atoms. The van der Waals surface area contributed by atoms with Crippen molar-refractivity contribution in [2.45, 2.75) is 6.92 Å². The Morgan fingerprint density at radius 2 is 2.31 bits per heavy atom. The number of nitrogens with one attached hydrogen (secondary N) is 1. The molecule has 0 aliphatic heterocycles. The average Bonchev–Trinajstić information content (AvgIpc) is 2.26. The largest absolute Gasteiger partial charge is 0.497 e. The first-order valence-corrected chi connectivity index (χ1v) is 4.94. The summed E-state index contributed by atoms with van der Waals surface area (Å²) in [6.45, 7) is 1.97. The van der Waals surface area contributed by atoms with Gasteiger partial charge in [-0.2, -0.15) is 0 Å². The van der Waals surface area contributed by atoms with Crippen LogP contribution in [0, 0.1) is 5.92 Å². The number of carboxylic acids is 1. The second kappa shape index (κ2) is 5.25. The van der Waals surface area contributed by atoms with Crippen molar-refractivity contribution in [2.24, 2.45) is 5.92 Å². The van der Waals surface area contributed by atoms with Crippen LogP contribution in [0.2, 0.25) is 0 Å². The summed E-state index contributed by atoms with van der Waals surface area (Å²) >= 11 is 0. The van der Waals surface area contributed by atoms with Gasteiger partial charge in [0.05, 0.1) is 24.4 Å². The maximum absolute atomic E-state index is 10.6. The molecule has 0 aliphatic rings. The smallest absolute Gasteiger partial charge is 0.308 e. The van der Waals surface area contributed by atoms with E-state index in [0.29, 0.717) is 23.7 Å². The quantitative estimate of drug-likeness (QED) is 0.658. The van der Waals surface area contributed by atoms with Crippen LogP contribution < -0.4 is 15.8 Å². The van der Waals surface area contributed by atoms with Gasteiger partial charge in [-0.05, 0) is 12.1 Å². The fraction of sp³-hybridized carbons (Fsp3) is 0.364. The zero-order valence-corrected chi connectivity index (χ0v) is 9.36. The molecular formula is C11H16N2O3. The minimum absolute atomic E-state index is 0.339. The van der Waals surface area contributed by atoms with Gasteiger partial charge >= 0.3 is 5.97 Å². The first kappa shape index (κ1) is 12.2. The van der Waals surface area contributed by atoms with Gasteiger partial charge in [-0.1, -0.05) is 6.92 Å². The highest BCUT2D eigenvalue weighted by molar-refractivity contribution is 5.72. The van der Waals surface area contributed by atoms with Crippen molar-refractivity contribution in [3.05, 3.63) is 18.2 Å². The van der Waals surface area contributed by atoms with Crippen molar-refractivity contribution in [3.8, 4) is 5.75 Å². The Hall–Kier alpha value is -1.91. The van der Waals surface area contributed by atoms with Crippen molar-refractivity contribution in [2.75, 3.05) is 24.7 Å². The van der Waals surface area contributed by atoms with Crippen LogP contribution in [0.1, 0.15) is 6.92 Å². The van der Waals surface area contributed by atoms with E-state index in [-0.39, 0.29) is 0 Å². The SMILES string of the molecule is COc1ccc(NCC(C)C(=O)O)c(N)c1. The Labute approximate surface area is 94.2 Å². The number of nitrogens with two attached hydrogens (primary N) is 1. The van der Waals surface area contributed by atoms with Gasteiger partial charge in [-0.25, -0.2) is 0 Å². The molecule has 0 radical (unpaired) electrons. The number of rotatable bonds is 5. The maximum Gasteiger partial charge on any atom is 0.308 e. The fourth-order valence-corrected chi connectivity index (χ4v) is 1.18. The summed E-state index contributed by atoms with van der Waals surface area (Å²) in [5.74, 6) is -0.615. The summed E-state index contributed by atoms with van der Waals surface area (Å²) in [4.78, 5) is 10.6. The number of carboxylic acid groups (broad SMARTS) is 1. The molecule has 0 aliphatic carbocycles. The van der Waals surface area contributed by atoms with E-state index in [4.69, 9.17) is 15.6 Å². The van der Waals surface area contributed by atoms with Crippen LogP contribution in [-0.4, -0.2) is 24.7 Å². The van der Waals surface area contributed by atoms with Crippen LogP contribution in [0.3, 0.4) is 0 Å². The van der Waals surface area contributed by atoms with Gasteiger partial charge in [-0.15, -0.1) is 0 Å². The minimum Gasteiger partial charge on any atom is -0.497 e. The highest BCUT2D eigenvalue weighted by Crippen LogP contribution is 2.24. The second-order valence-corrected chi connectivity index (χ2v) is 3.57. The Morgan fingerprint density at radius 3 is 2.81 bits per heavy atom. The summed E-state index contributed by atoms with van der Waals surface area (Å²) < 4.78 is 5.01. The number of methoxy groups -OCH3 is 1. The minimum atomic E-state index is -0.834. The van der Waals surface area contributed by atoms with Crippen molar-refractivity contribution < 1.29 is 14.6 Å². The van der Waals surface area contributed by atoms with E-state index < -0.39 is 11.9 Å². The highest BCUT2D eigenvalue weighted by Gasteiger charge is 2.10. The highest BCUT2D eigenvalue weighted by atomic mass is 16.5. The predicted octanol–water partition coefficient (Wildman–Crippen LogP) is 1.41. The zero-order chi connectivity index (χ0) is 12.1. The summed E-state index contributed by atoms with van der Waals surface area (Å²) in [6.07, 6.45) is 0. The Morgan fingerprint density at radius 1 is 1.62 bits per heavy atom. The normalized spacial score (nSPS) is 11.9. The lowest BCUT2D eigenvalue weighted by molar-refractivity contribution is -0.140. The number of carbonyl (C=O) groups is 1. The maximum atomic E-state index is 10.6. The van der Waals surface area contributed by atoms with Crippen molar-refractivity contribution >= 4 is 17.3 Å². The Balaban J connectivity index is 2.64. The molecule has 5 heteroatoms. The number of hydrogen-bond donors (Lipinski definition) is 3.